The van der Waals surface area contributed by atoms with E-state index in [1.165, 1.54) is 5.56 Å². The summed E-state index contributed by atoms with van der Waals surface area (Å²) in [6.45, 7) is 6.31. The molecule has 0 saturated carbocycles. The molecule has 0 radical (unpaired) electrons. The Morgan fingerprint density at radius 1 is 1.38 bits per heavy atom. The smallest absolute Gasteiger partial charge is 0.207 e. The Hall–Kier alpha value is -1.31. The number of carbonyl (C=O) groups is 1. The summed E-state index contributed by atoms with van der Waals surface area (Å²) in [7, 11) is 0. The van der Waals surface area contributed by atoms with Gasteiger partial charge in [0.1, 0.15) is 5.75 Å². The van der Waals surface area contributed by atoms with E-state index in [0.717, 1.165) is 24.2 Å². The molecule has 0 fully saturated rings. The van der Waals surface area contributed by atoms with E-state index >= 15 is 0 Å². The van der Waals surface area contributed by atoms with Crippen LogP contribution in [0, 0.1) is 0 Å². The molecule has 1 aromatic rings. The highest BCUT2D eigenvalue weighted by Gasteiger charge is 2.31. The lowest BCUT2D eigenvalue weighted by Crippen LogP contribution is -2.18. The van der Waals surface area contributed by atoms with Crippen molar-refractivity contribution >= 4 is 5.78 Å². The van der Waals surface area contributed by atoms with Crippen LogP contribution < -0.4 is 4.74 Å². The molecule has 2 unspecified atom stereocenters. The second kappa shape index (κ2) is 4.28. The molecule has 1 aromatic carbocycles. The zero-order valence-electron chi connectivity index (χ0n) is 10.1. The zero-order chi connectivity index (χ0) is 11.7. The number of rotatable bonds is 3. The highest BCUT2D eigenvalue weighted by Crippen LogP contribution is 2.33. The van der Waals surface area contributed by atoms with Gasteiger partial charge in [0.2, 0.25) is 5.78 Å². The van der Waals surface area contributed by atoms with Crippen molar-refractivity contribution in [2.75, 3.05) is 0 Å². The third-order valence-electron chi connectivity index (χ3n) is 3.38. The Balaban J connectivity index is 2.35. The first kappa shape index (κ1) is 11.2. The van der Waals surface area contributed by atoms with Gasteiger partial charge in [0.15, 0.2) is 6.10 Å². The van der Waals surface area contributed by atoms with Crippen molar-refractivity contribution in [1.29, 1.82) is 0 Å². The van der Waals surface area contributed by atoms with Crippen molar-refractivity contribution in [3.05, 3.63) is 29.3 Å². The number of hydrogen-bond donors (Lipinski definition) is 0. The molecule has 2 atom stereocenters. The molecular formula is C14H18O2. The van der Waals surface area contributed by atoms with E-state index in [9.17, 15) is 4.79 Å². The van der Waals surface area contributed by atoms with Gasteiger partial charge in [0.05, 0.1) is 5.56 Å². The van der Waals surface area contributed by atoms with Gasteiger partial charge in [-0.15, -0.1) is 0 Å². The van der Waals surface area contributed by atoms with Gasteiger partial charge in [-0.05, 0) is 36.5 Å². The molecule has 0 N–H and O–H groups in total. The van der Waals surface area contributed by atoms with Crippen LogP contribution in [-0.2, 0) is 0 Å². The maximum absolute atomic E-state index is 12.0. The minimum absolute atomic E-state index is 0.141. The number of ketones is 1. The minimum atomic E-state index is -0.262. The predicted molar refractivity (Wildman–Crippen MR) is 64.2 cm³/mol. The molecule has 0 spiro atoms. The summed E-state index contributed by atoms with van der Waals surface area (Å²) in [5.41, 5.74) is 2.00. The quantitative estimate of drug-likeness (QED) is 0.775. The first-order chi connectivity index (χ1) is 7.67. The number of fused-ring (bicyclic) bond motifs is 1. The highest BCUT2D eigenvalue weighted by atomic mass is 16.5. The van der Waals surface area contributed by atoms with Crippen LogP contribution in [0.25, 0.3) is 0 Å². The lowest BCUT2D eigenvalue weighted by molar-refractivity contribution is 0.0853. The fourth-order valence-electron chi connectivity index (χ4n) is 2.03. The van der Waals surface area contributed by atoms with Crippen LogP contribution in [0.5, 0.6) is 5.75 Å². The van der Waals surface area contributed by atoms with E-state index in [1.807, 2.05) is 19.1 Å². The number of carbonyl (C=O) groups excluding carboxylic acids is 1. The molecule has 0 aliphatic carbocycles. The molecule has 16 heavy (non-hydrogen) atoms. The molecule has 2 rings (SSSR count). The SMILES string of the molecule is CCC1Oc2ccc(C(C)CC)cc2C1=O. The first-order valence-corrected chi connectivity index (χ1v) is 6.02. The van der Waals surface area contributed by atoms with E-state index in [1.54, 1.807) is 0 Å². The molecule has 2 nitrogen and oxygen atoms in total. The molecule has 0 bridgehead atoms. The van der Waals surface area contributed by atoms with Crippen molar-refractivity contribution in [3.63, 3.8) is 0 Å². The van der Waals surface area contributed by atoms with E-state index in [4.69, 9.17) is 4.74 Å². The topological polar surface area (TPSA) is 26.3 Å². The van der Waals surface area contributed by atoms with Crippen molar-refractivity contribution < 1.29 is 9.53 Å². The molecule has 86 valence electrons. The van der Waals surface area contributed by atoms with Gasteiger partial charge in [-0.2, -0.15) is 0 Å². The van der Waals surface area contributed by atoms with E-state index < -0.39 is 0 Å². The van der Waals surface area contributed by atoms with Crippen LogP contribution >= 0.6 is 0 Å². The van der Waals surface area contributed by atoms with Crippen LogP contribution in [0.2, 0.25) is 0 Å². The molecule has 1 heterocycles. The molecule has 1 aliphatic rings. The predicted octanol–water partition coefficient (Wildman–Crippen LogP) is 3.55. The maximum atomic E-state index is 12.0. The Bertz CT molecular complexity index is 409. The average Bonchev–Trinajstić information content (AvgIpc) is 2.64. The monoisotopic (exact) mass is 218 g/mol. The number of benzene rings is 1. The fourth-order valence-corrected chi connectivity index (χ4v) is 2.03. The zero-order valence-corrected chi connectivity index (χ0v) is 10.1. The second-order valence-electron chi connectivity index (χ2n) is 4.44. The normalized spacial score (nSPS) is 20.4. The third kappa shape index (κ3) is 1.73. The van der Waals surface area contributed by atoms with E-state index in [2.05, 4.69) is 19.9 Å². The van der Waals surface area contributed by atoms with Crippen molar-refractivity contribution in [3.8, 4) is 5.75 Å². The lowest BCUT2D eigenvalue weighted by Gasteiger charge is -2.09. The average molecular weight is 218 g/mol. The summed E-state index contributed by atoms with van der Waals surface area (Å²) in [5.74, 6) is 1.39. The Morgan fingerprint density at radius 3 is 2.75 bits per heavy atom. The van der Waals surface area contributed by atoms with Gasteiger partial charge < -0.3 is 4.74 Å². The van der Waals surface area contributed by atoms with Gasteiger partial charge in [0.25, 0.3) is 0 Å². The van der Waals surface area contributed by atoms with Crippen molar-refractivity contribution in [2.45, 2.75) is 45.6 Å². The number of ether oxygens (including phenoxy) is 1. The largest absolute Gasteiger partial charge is 0.482 e. The summed E-state index contributed by atoms with van der Waals surface area (Å²) >= 11 is 0. The third-order valence-corrected chi connectivity index (χ3v) is 3.38. The van der Waals surface area contributed by atoms with Crippen LogP contribution in [-0.4, -0.2) is 11.9 Å². The standard InChI is InChI=1S/C14H18O2/c1-4-9(3)10-6-7-13-11(8-10)14(15)12(5-2)16-13/h6-9,12H,4-5H2,1-3H3. The number of Topliss-reactive ketones (excluding diaryl/α,β-unsaturated/α-hetero) is 1. The van der Waals surface area contributed by atoms with Gasteiger partial charge in [-0.1, -0.05) is 26.8 Å². The Labute approximate surface area is 96.6 Å². The molecule has 2 heteroatoms. The molecule has 0 saturated heterocycles. The van der Waals surface area contributed by atoms with Crippen molar-refractivity contribution in [2.24, 2.45) is 0 Å². The van der Waals surface area contributed by atoms with Crippen molar-refractivity contribution in [1.82, 2.24) is 0 Å². The van der Waals surface area contributed by atoms with Crippen LogP contribution in [0.1, 0.15) is 55.5 Å². The van der Waals surface area contributed by atoms with Gasteiger partial charge in [0, 0.05) is 0 Å². The van der Waals surface area contributed by atoms with E-state index in [0.29, 0.717) is 5.92 Å². The van der Waals surface area contributed by atoms with E-state index in [-0.39, 0.29) is 11.9 Å². The Morgan fingerprint density at radius 2 is 2.12 bits per heavy atom. The summed E-state index contributed by atoms with van der Waals surface area (Å²) in [6, 6.07) is 6.00. The number of hydrogen-bond acceptors (Lipinski definition) is 2. The summed E-state index contributed by atoms with van der Waals surface area (Å²) in [6.07, 6.45) is 1.57. The summed E-state index contributed by atoms with van der Waals surface area (Å²) in [5, 5.41) is 0. The van der Waals surface area contributed by atoms with Gasteiger partial charge in [-0.25, -0.2) is 0 Å². The van der Waals surface area contributed by atoms with Gasteiger partial charge in [-0.3, -0.25) is 4.79 Å². The molecule has 0 amide bonds. The lowest BCUT2D eigenvalue weighted by atomic mass is 9.95. The fraction of sp³-hybridized carbons (Fsp3) is 0.500. The Kier molecular flexibility index (Phi) is 2.99. The van der Waals surface area contributed by atoms with Crippen LogP contribution in [0.15, 0.2) is 18.2 Å². The highest BCUT2D eigenvalue weighted by molar-refractivity contribution is 6.04. The second-order valence-corrected chi connectivity index (χ2v) is 4.44. The first-order valence-electron chi connectivity index (χ1n) is 6.02. The summed E-state index contributed by atoms with van der Waals surface area (Å²) in [4.78, 5) is 12.0. The van der Waals surface area contributed by atoms with Crippen LogP contribution in [0.3, 0.4) is 0 Å². The molecule has 1 aliphatic heterocycles. The van der Waals surface area contributed by atoms with Gasteiger partial charge >= 0.3 is 0 Å². The maximum Gasteiger partial charge on any atom is 0.207 e. The van der Waals surface area contributed by atoms with Crippen LogP contribution in [0.4, 0.5) is 0 Å². The molecular weight excluding hydrogens is 200 g/mol. The molecule has 0 aromatic heterocycles. The minimum Gasteiger partial charge on any atom is -0.482 e. The summed E-state index contributed by atoms with van der Waals surface area (Å²) < 4.78 is 5.59.